The van der Waals surface area contributed by atoms with Crippen LogP contribution in [-0.4, -0.2) is 26.8 Å². The Morgan fingerprint density at radius 1 is 1.36 bits per heavy atom. The van der Waals surface area contributed by atoms with Crippen LogP contribution in [0.2, 0.25) is 0 Å². The van der Waals surface area contributed by atoms with E-state index in [1.807, 2.05) is 0 Å². The van der Waals surface area contributed by atoms with Gasteiger partial charge in [0.15, 0.2) is 0 Å². The van der Waals surface area contributed by atoms with Gasteiger partial charge in [-0.1, -0.05) is 0 Å². The maximum atomic E-state index is 10.6. The first-order valence-corrected chi connectivity index (χ1v) is 3.21. The zero-order chi connectivity index (χ0) is 8.69. The molecule has 0 radical (unpaired) electrons. The van der Waals surface area contributed by atoms with E-state index in [4.69, 9.17) is 9.47 Å². The SMILES string of the molecule is CCO/C(=C\C(=O)OC)OC. The number of esters is 1. The first-order chi connectivity index (χ1) is 5.24. The van der Waals surface area contributed by atoms with E-state index in [0.717, 1.165) is 6.08 Å². The van der Waals surface area contributed by atoms with E-state index < -0.39 is 5.97 Å². The Morgan fingerprint density at radius 3 is 2.36 bits per heavy atom. The fraction of sp³-hybridized carbons (Fsp3) is 0.571. The average molecular weight is 160 g/mol. The normalized spacial score (nSPS) is 10.6. The van der Waals surface area contributed by atoms with Crippen molar-refractivity contribution >= 4 is 5.97 Å². The van der Waals surface area contributed by atoms with E-state index in [1.54, 1.807) is 6.92 Å². The van der Waals surface area contributed by atoms with Crippen molar-refractivity contribution in [1.29, 1.82) is 0 Å². The molecule has 4 heteroatoms. The summed E-state index contributed by atoms with van der Waals surface area (Å²) in [7, 11) is 2.71. The van der Waals surface area contributed by atoms with Crippen molar-refractivity contribution in [2.75, 3.05) is 20.8 Å². The van der Waals surface area contributed by atoms with E-state index in [2.05, 4.69) is 4.74 Å². The molecular weight excluding hydrogens is 148 g/mol. The molecule has 0 N–H and O–H groups in total. The van der Waals surface area contributed by atoms with Crippen LogP contribution in [0.25, 0.3) is 0 Å². The van der Waals surface area contributed by atoms with Gasteiger partial charge in [-0.15, -0.1) is 0 Å². The monoisotopic (exact) mass is 160 g/mol. The zero-order valence-corrected chi connectivity index (χ0v) is 6.92. The Hall–Kier alpha value is -1.19. The second kappa shape index (κ2) is 5.58. The van der Waals surface area contributed by atoms with Crippen LogP contribution in [-0.2, 0) is 19.0 Å². The van der Waals surface area contributed by atoms with E-state index in [0.29, 0.717) is 6.61 Å². The van der Waals surface area contributed by atoms with Gasteiger partial charge < -0.3 is 14.2 Å². The van der Waals surface area contributed by atoms with Crippen molar-refractivity contribution in [3.05, 3.63) is 12.0 Å². The molecule has 0 aromatic rings. The number of methoxy groups -OCH3 is 2. The van der Waals surface area contributed by atoms with Crippen LogP contribution in [0.1, 0.15) is 6.92 Å². The molecule has 11 heavy (non-hydrogen) atoms. The highest BCUT2D eigenvalue weighted by Gasteiger charge is 2.00. The summed E-state index contributed by atoms with van der Waals surface area (Å²) in [6.07, 6.45) is 1.14. The number of hydrogen-bond acceptors (Lipinski definition) is 4. The van der Waals surface area contributed by atoms with Gasteiger partial charge in [0, 0.05) is 0 Å². The summed E-state index contributed by atoms with van der Waals surface area (Å²) >= 11 is 0. The molecule has 0 bridgehead atoms. The summed E-state index contributed by atoms with van der Waals surface area (Å²) in [6, 6.07) is 0. The quantitative estimate of drug-likeness (QED) is 0.344. The van der Waals surface area contributed by atoms with Crippen LogP contribution in [0.5, 0.6) is 0 Å². The molecule has 0 spiro atoms. The molecule has 0 heterocycles. The third kappa shape index (κ3) is 4.25. The molecule has 0 aliphatic rings. The molecule has 0 fully saturated rings. The summed E-state index contributed by atoms with van der Waals surface area (Å²) in [6.45, 7) is 2.25. The number of hydrogen-bond donors (Lipinski definition) is 0. The Balaban J connectivity index is 3.99. The molecule has 64 valence electrons. The Labute approximate surface area is 65.7 Å². The molecule has 0 atom stereocenters. The highest BCUT2D eigenvalue weighted by Crippen LogP contribution is 1.97. The Morgan fingerprint density at radius 2 is 2.00 bits per heavy atom. The lowest BCUT2D eigenvalue weighted by molar-refractivity contribution is -0.135. The van der Waals surface area contributed by atoms with Gasteiger partial charge in [-0.05, 0) is 6.92 Å². The highest BCUT2D eigenvalue weighted by atomic mass is 16.7. The lowest BCUT2D eigenvalue weighted by Gasteiger charge is -2.04. The lowest BCUT2D eigenvalue weighted by atomic mass is 10.6. The largest absolute Gasteiger partial charge is 0.469 e. The standard InChI is InChI=1S/C7H12O4/c1-4-11-7(10-3)5-6(8)9-2/h5H,4H2,1-3H3/b7-5-. The van der Waals surface area contributed by atoms with Gasteiger partial charge in [0.25, 0.3) is 5.95 Å². The average Bonchev–Trinajstić information content (AvgIpc) is 2.03. The third-order valence-electron chi connectivity index (χ3n) is 0.925. The number of carbonyl (C=O) groups is 1. The van der Waals surface area contributed by atoms with E-state index in [9.17, 15) is 4.79 Å². The van der Waals surface area contributed by atoms with Crippen LogP contribution in [0.3, 0.4) is 0 Å². The molecule has 0 aromatic heterocycles. The third-order valence-corrected chi connectivity index (χ3v) is 0.925. The van der Waals surface area contributed by atoms with Gasteiger partial charge in [-0.25, -0.2) is 4.79 Å². The topological polar surface area (TPSA) is 44.8 Å². The molecule has 0 aliphatic carbocycles. The minimum absolute atomic E-state index is 0.166. The van der Waals surface area contributed by atoms with Crippen LogP contribution in [0.15, 0.2) is 12.0 Å². The van der Waals surface area contributed by atoms with Gasteiger partial charge in [0.05, 0.1) is 20.8 Å². The van der Waals surface area contributed by atoms with Crippen LogP contribution in [0.4, 0.5) is 0 Å². The van der Waals surface area contributed by atoms with Crippen molar-refractivity contribution in [2.24, 2.45) is 0 Å². The molecule has 4 nitrogen and oxygen atoms in total. The summed E-state index contributed by atoms with van der Waals surface area (Å²) in [5.74, 6) is -0.324. The van der Waals surface area contributed by atoms with Crippen molar-refractivity contribution < 1.29 is 19.0 Å². The van der Waals surface area contributed by atoms with Crippen molar-refractivity contribution in [3.63, 3.8) is 0 Å². The first kappa shape index (κ1) is 9.81. The fourth-order valence-corrected chi connectivity index (χ4v) is 0.457. The molecule has 0 aromatic carbocycles. The fourth-order valence-electron chi connectivity index (χ4n) is 0.457. The second-order valence-corrected chi connectivity index (χ2v) is 1.62. The maximum absolute atomic E-state index is 10.6. The molecule has 0 saturated carbocycles. The van der Waals surface area contributed by atoms with E-state index >= 15 is 0 Å². The molecule has 0 saturated heterocycles. The molecular formula is C7H12O4. The number of ether oxygens (including phenoxy) is 3. The predicted molar refractivity (Wildman–Crippen MR) is 38.7 cm³/mol. The smallest absolute Gasteiger partial charge is 0.337 e. The number of carbonyl (C=O) groups excluding carboxylic acids is 1. The minimum Gasteiger partial charge on any atom is -0.469 e. The highest BCUT2D eigenvalue weighted by molar-refractivity contribution is 5.81. The van der Waals surface area contributed by atoms with Gasteiger partial charge in [0.2, 0.25) is 0 Å². The summed E-state index contributed by atoms with van der Waals surface area (Å²) in [5.41, 5.74) is 0. The van der Waals surface area contributed by atoms with Gasteiger partial charge in [0.1, 0.15) is 6.08 Å². The summed E-state index contributed by atoms with van der Waals surface area (Å²) < 4.78 is 14.0. The number of rotatable bonds is 4. The molecule has 0 aliphatic heterocycles. The predicted octanol–water partition coefficient (Wildman–Crippen LogP) is 0.684. The van der Waals surface area contributed by atoms with Crippen molar-refractivity contribution in [1.82, 2.24) is 0 Å². The first-order valence-electron chi connectivity index (χ1n) is 3.21. The minimum atomic E-state index is -0.490. The second-order valence-electron chi connectivity index (χ2n) is 1.62. The zero-order valence-electron chi connectivity index (χ0n) is 6.92. The van der Waals surface area contributed by atoms with E-state index in [-0.39, 0.29) is 5.95 Å². The molecule has 0 amide bonds. The van der Waals surface area contributed by atoms with Crippen molar-refractivity contribution in [2.45, 2.75) is 6.92 Å². The van der Waals surface area contributed by atoms with Crippen molar-refractivity contribution in [3.8, 4) is 0 Å². The van der Waals surface area contributed by atoms with Gasteiger partial charge in [-0.2, -0.15) is 0 Å². The molecule has 0 rings (SSSR count). The molecule has 0 unspecified atom stereocenters. The summed E-state index contributed by atoms with van der Waals surface area (Å²) in [4.78, 5) is 10.6. The lowest BCUT2D eigenvalue weighted by Crippen LogP contribution is -2.01. The summed E-state index contributed by atoms with van der Waals surface area (Å²) in [5, 5.41) is 0. The van der Waals surface area contributed by atoms with E-state index in [1.165, 1.54) is 14.2 Å². The Bertz CT molecular complexity index is 151. The van der Waals surface area contributed by atoms with Crippen LogP contribution < -0.4 is 0 Å². The Kier molecular flexibility index (Phi) is 4.98. The van der Waals surface area contributed by atoms with Gasteiger partial charge >= 0.3 is 5.97 Å². The van der Waals surface area contributed by atoms with Crippen LogP contribution in [0, 0.1) is 0 Å². The van der Waals surface area contributed by atoms with Crippen LogP contribution >= 0.6 is 0 Å². The maximum Gasteiger partial charge on any atom is 0.337 e. The van der Waals surface area contributed by atoms with Gasteiger partial charge in [-0.3, -0.25) is 0 Å².